The van der Waals surface area contributed by atoms with Gasteiger partial charge in [-0.3, -0.25) is 4.21 Å². The first kappa shape index (κ1) is 16.6. The molecule has 0 aliphatic rings. The highest BCUT2D eigenvalue weighted by Crippen LogP contribution is 2.27. The largest absolute Gasteiger partial charge is 0.496 e. The molecular formula is C11H16BrNO4S2. The van der Waals surface area contributed by atoms with E-state index in [4.69, 9.17) is 4.74 Å². The van der Waals surface area contributed by atoms with E-state index in [1.54, 1.807) is 13.0 Å². The van der Waals surface area contributed by atoms with Crippen LogP contribution in [0.1, 0.15) is 6.92 Å². The second-order valence-corrected chi connectivity index (χ2v) is 8.11. The third-order valence-corrected chi connectivity index (χ3v) is 5.45. The summed E-state index contributed by atoms with van der Waals surface area (Å²) in [6.07, 6.45) is 1.54. The maximum absolute atomic E-state index is 12.1. The molecule has 0 amide bonds. The predicted molar refractivity (Wildman–Crippen MR) is 79.4 cm³/mol. The van der Waals surface area contributed by atoms with Gasteiger partial charge in [0.2, 0.25) is 10.0 Å². The maximum Gasteiger partial charge on any atom is 0.240 e. The van der Waals surface area contributed by atoms with Crippen molar-refractivity contribution >= 4 is 36.8 Å². The van der Waals surface area contributed by atoms with Crippen LogP contribution in [-0.2, 0) is 20.8 Å². The Morgan fingerprint density at radius 3 is 2.58 bits per heavy atom. The lowest BCUT2D eigenvalue weighted by molar-refractivity contribution is 0.411. The van der Waals surface area contributed by atoms with Crippen LogP contribution < -0.4 is 9.46 Å². The Hall–Kier alpha value is -0.440. The van der Waals surface area contributed by atoms with E-state index in [0.29, 0.717) is 10.2 Å². The normalized spacial score (nSPS) is 14.9. The molecule has 1 rings (SSSR count). The molecule has 0 aromatic heterocycles. The average Bonchev–Trinajstić information content (AvgIpc) is 2.26. The lowest BCUT2D eigenvalue weighted by Crippen LogP contribution is -2.36. The van der Waals surface area contributed by atoms with Gasteiger partial charge >= 0.3 is 0 Å². The summed E-state index contributed by atoms with van der Waals surface area (Å²) in [5, 5.41) is 0. The smallest absolute Gasteiger partial charge is 0.240 e. The quantitative estimate of drug-likeness (QED) is 0.824. The minimum Gasteiger partial charge on any atom is -0.496 e. The van der Waals surface area contributed by atoms with Crippen LogP contribution in [0.5, 0.6) is 5.75 Å². The minimum absolute atomic E-state index is 0.133. The van der Waals surface area contributed by atoms with Crippen LogP contribution in [0.2, 0.25) is 0 Å². The molecular weight excluding hydrogens is 354 g/mol. The highest BCUT2D eigenvalue weighted by atomic mass is 79.9. The Labute approximate surface area is 124 Å². The molecule has 0 aliphatic carbocycles. The summed E-state index contributed by atoms with van der Waals surface area (Å²) < 4.78 is 43.4. The van der Waals surface area contributed by atoms with Gasteiger partial charge in [0.05, 0.1) is 16.5 Å². The van der Waals surface area contributed by atoms with Crippen LogP contribution in [0.4, 0.5) is 0 Å². The number of rotatable bonds is 6. The molecule has 0 aliphatic heterocycles. The van der Waals surface area contributed by atoms with E-state index < -0.39 is 26.9 Å². The van der Waals surface area contributed by atoms with Crippen molar-refractivity contribution < 1.29 is 17.4 Å². The van der Waals surface area contributed by atoms with Crippen LogP contribution in [-0.4, -0.2) is 37.8 Å². The Morgan fingerprint density at radius 1 is 1.47 bits per heavy atom. The third-order valence-electron chi connectivity index (χ3n) is 2.27. The van der Waals surface area contributed by atoms with E-state index in [9.17, 15) is 12.6 Å². The molecule has 0 heterocycles. The molecule has 0 saturated carbocycles. The molecule has 0 spiro atoms. The van der Waals surface area contributed by atoms with Gasteiger partial charge in [0, 0.05) is 28.9 Å². The molecule has 1 N–H and O–H groups in total. The third kappa shape index (κ3) is 4.87. The number of nitrogens with one attached hydrogen (secondary N) is 1. The highest BCUT2D eigenvalue weighted by Gasteiger charge is 2.19. The maximum atomic E-state index is 12.1. The molecule has 0 bridgehead atoms. The summed E-state index contributed by atoms with van der Waals surface area (Å²) in [5.41, 5.74) is 0. The van der Waals surface area contributed by atoms with E-state index in [1.165, 1.54) is 25.5 Å². The molecule has 0 fully saturated rings. The standard InChI is InChI=1S/C11H16BrNO4S2/c1-8(7-18(3)14)13-19(15,16)9-4-5-11(17-2)10(12)6-9/h4-6,8,13H,7H2,1-3H3. The first-order chi connectivity index (χ1) is 8.76. The Kier molecular flexibility index (Phi) is 5.97. The van der Waals surface area contributed by atoms with Gasteiger partial charge in [-0.25, -0.2) is 13.1 Å². The summed E-state index contributed by atoms with van der Waals surface area (Å²) in [7, 11) is -3.17. The number of sulfonamides is 1. The molecule has 19 heavy (non-hydrogen) atoms. The van der Waals surface area contributed by atoms with Gasteiger partial charge in [-0.1, -0.05) is 0 Å². The molecule has 2 unspecified atom stereocenters. The van der Waals surface area contributed by atoms with Crippen molar-refractivity contribution in [2.75, 3.05) is 19.1 Å². The van der Waals surface area contributed by atoms with Gasteiger partial charge in [-0.15, -0.1) is 0 Å². The molecule has 0 radical (unpaired) electrons. The zero-order valence-electron chi connectivity index (χ0n) is 10.8. The summed E-state index contributed by atoms with van der Waals surface area (Å²) in [6, 6.07) is 4.11. The second kappa shape index (κ2) is 6.83. The summed E-state index contributed by atoms with van der Waals surface area (Å²) in [5.74, 6) is 0.831. The second-order valence-electron chi connectivity index (χ2n) is 4.06. The van der Waals surface area contributed by atoms with Crippen molar-refractivity contribution in [2.45, 2.75) is 17.9 Å². The summed E-state index contributed by atoms with van der Waals surface area (Å²) >= 11 is 3.24. The molecule has 5 nitrogen and oxygen atoms in total. The van der Waals surface area contributed by atoms with E-state index in [-0.39, 0.29) is 10.6 Å². The lowest BCUT2D eigenvalue weighted by atomic mass is 10.3. The zero-order chi connectivity index (χ0) is 14.6. The van der Waals surface area contributed by atoms with E-state index in [0.717, 1.165) is 0 Å². The highest BCUT2D eigenvalue weighted by molar-refractivity contribution is 9.10. The number of benzene rings is 1. The Bertz CT molecular complexity index is 574. The van der Waals surface area contributed by atoms with E-state index >= 15 is 0 Å². The van der Waals surface area contributed by atoms with Crippen molar-refractivity contribution in [1.29, 1.82) is 0 Å². The zero-order valence-corrected chi connectivity index (χ0v) is 14.1. The fourth-order valence-corrected chi connectivity index (χ4v) is 4.39. The van der Waals surface area contributed by atoms with Crippen LogP contribution >= 0.6 is 15.9 Å². The first-order valence-electron chi connectivity index (χ1n) is 5.42. The van der Waals surface area contributed by atoms with Crippen LogP contribution in [0.25, 0.3) is 0 Å². The fourth-order valence-electron chi connectivity index (χ4n) is 1.53. The minimum atomic E-state index is -3.62. The number of ether oxygens (including phenoxy) is 1. The van der Waals surface area contributed by atoms with Gasteiger partial charge in [-0.2, -0.15) is 0 Å². The molecule has 1 aromatic rings. The van der Waals surface area contributed by atoms with Crippen molar-refractivity contribution in [3.8, 4) is 5.75 Å². The average molecular weight is 370 g/mol. The van der Waals surface area contributed by atoms with Gasteiger partial charge in [0.25, 0.3) is 0 Å². The monoisotopic (exact) mass is 369 g/mol. The van der Waals surface area contributed by atoms with Crippen LogP contribution in [0.3, 0.4) is 0 Å². The summed E-state index contributed by atoms with van der Waals surface area (Å²) in [4.78, 5) is 0.133. The van der Waals surface area contributed by atoms with Crippen molar-refractivity contribution in [3.05, 3.63) is 22.7 Å². The molecule has 1 aromatic carbocycles. The molecule has 0 saturated heterocycles. The summed E-state index contributed by atoms with van der Waals surface area (Å²) in [6.45, 7) is 1.68. The van der Waals surface area contributed by atoms with Gasteiger partial charge in [0.1, 0.15) is 5.75 Å². The lowest BCUT2D eigenvalue weighted by Gasteiger charge is -2.13. The molecule has 2 atom stereocenters. The van der Waals surface area contributed by atoms with Crippen molar-refractivity contribution in [1.82, 2.24) is 4.72 Å². The Morgan fingerprint density at radius 2 is 2.11 bits per heavy atom. The van der Waals surface area contributed by atoms with E-state index in [2.05, 4.69) is 20.7 Å². The van der Waals surface area contributed by atoms with Gasteiger partial charge < -0.3 is 4.74 Å². The fraction of sp³-hybridized carbons (Fsp3) is 0.455. The van der Waals surface area contributed by atoms with Crippen molar-refractivity contribution in [3.63, 3.8) is 0 Å². The van der Waals surface area contributed by atoms with Crippen LogP contribution in [0.15, 0.2) is 27.6 Å². The number of hydrogen-bond donors (Lipinski definition) is 1. The predicted octanol–water partition coefficient (Wildman–Crippen LogP) is 1.50. The van der Waals surface area contributed by atoms with Crippen LogP contribution in [0, 0.1) is 0 Å². The molecule has 108 valence electrons. The van der Waals surface area contributed by atoms with E-state index in [1.807, 2.05) is 0 Å². The van der Waals surface area contributed by atoms with Crippen molar-refractivity contribution in [2.24, 2.45) is 0 Å². The first-order valence-corrected chi connectivity index (χ1v) is 9.42. The van der Waals surface area contributed by atoms with Gasteiger partial charge in [-0.05, 0) is 41.1 Å². The SMILES string of the molecule is COc1ccc(S(=O)(=O)NC(C)CS(C)=O)cc1Br. The topological polar surface area (TPSA) is 72.5 Å². The number of hydrogen-bond acceptors (Lipinski definition) is 4. The molecule has 8 heteroatoms. The number of halogens is 1. The van der Waals surface area contributed by atoms with Gasteiger partial charge in [0.15, 0.2) is 0 Å². The number of methoxy groups -OCH3 is 1. The Balaban J connectivity index is 2.94.